The number of nitrogens with zero attached hydrogens (tertiary/aromatic N) is 4. The van der Waals surface area contributed by atoms with Crippen LogP contribution in [-0.4, -0.2) is 43.2 Å². The Balaban J connectivity index is 1.40. The number of para-hydroxylation sites is 2. The molecule has 3 heterocycles. The molecule has 0 aliphatic carbocycles. The molecule has 7 nitrogen and oxygen atoms in total. The minimum atomic E-state index is -0.266. The zero-order chi connectivity index (χ0) is 22.1. The van der Waals surface area contributed by atoms with Gasteiger partial charge in [0, 0.05) is 16.7 Å². The summed E-state index contributed by atoms with van der Waals surface area (Å²) in [6, 6.07) is 17.6. The molecule has 0 radical (unpaired) electrons. The van der Waals surface area contributed by atoms with Gasteiger partial charge >= 0.3 is 0 Å². The van der Waals surface area contributed by atoms with Crippen molar-refractivity contribution in [3.63, 3.8) is 0 Å². The molecule has 1 N–H and O–H groups in total. The summed E-state index contributed by atoms with van der Waals surface area (Å²) in [6.07, 6.45) is 2.44. The highest BCUT2D eigenvalue weighted by Crippen LogP contribution is 2.37. The maximum absolute atomic E-state index is 13.1. The van der Waals surface area contributed by atoms with Gasteiger partial charge in [0.1, 0.15) is 5.39 Å². The van der Waals surface area contributed by atoms with E-state index in [1.807, 2.05) is 53.4 Å². The van der Waals surface area contributed by atoms with Crippen molar-refractivity contribution in [1.29, 1.82) is 0 Å². The van der Waals surface area contributed by atoms with Gasteiger partial charge in [-0.3, -0.25) is 9.59 Å². The summed E-state index contributed by atoms with van der Waals surface area (Å²) < 4.78 is 1.64. The van der Waals surface area contributed by atoms with Crippen LogP contribution in [0, 0.1) is 0 Å². The zero-order valence-electron chi connectivity index (χ0n) is 17.4. The van der Waals surface area contributed by atoms with E-state index in [9.17, 15) is 9.59 Å². The molecule has 0 saturated carbocycles. The third-order valence-electron chi connectivity index (χ3n) is 5.29. The Morgan fingerprint density at radius 3 is 2.81 bits per heavy atom. The van der Waals surface area contributed by atoms with E-state index in [1.165, 1.54) is 18.0 Å². The first-order valence-corrected chi connectivity index (χ1v) is 12.2. The van der Waals surface area contributed by atoms with E-state index in [2.05, 4.69) is 28.1 Å². The lowest BCUT2D eigenvalue weighted by Gasteiger charge is -2.22. The van der Waals surface area contributed by atoms with E-state index in [1.54, 1.807) is 16.4 Å². The third kappa shape index (κ3) is 4.05. The van der Waals surface area contributed by atoms with Crippen LogP contribution in [0.4, 0.5) is 5.69 Å². The number of fused-ring (bicyclic) bond motifs is 2. The van der Waals surface area contributed by atoms with E-state index in [-0.39, 0.29) is 17.2 Å². The van der Waals surface area contributed by atoms with Crippen molar-refractivity contribution < 1.29 is 4.79 Å². The number of rotatable bonds is 4. The van der Waals surface area contributed by atoms with Gasteiger partial charge in [-0.05, 0) is 30.7 Å². The fraction of sp³-hybridized carbons (Fsp3) is 0.217. The van der Waals surface area contributed by atoms with E-state index in [4.69, 9.17) is 0 Å². The second kappa shape index (κ2) is 8.84. The molecule has 1 amide bonds. The highest BCUT2D eigenvalue weighted by Gasteiger charge is 2.24. The first-order chi connectivity index (χ1) is 15.6. The molecule has 4 aromatic rings. The molecule has 2 aromatic heterocycles. The normalized spacial score (nSPS) is 16.0. The highest BCUT2D eigenvalue weighted by atomic mass is 32.2. The number of anilines is 1. The predicted octanol–water partition coefficient (Wildman–Crippen LogP) is 4.12. The predicted molar refractivity (Wildman–Crippen MR) is 129 cm³/mol. The zero-order valence-corrected chi connectivity index (χ0v) is 19.0. The molecule has 5 rings (SSSR count). The Hall–Kier alpha value is -3.04. The van der Waals surface area contributed by atoms with Crippen molar-refractivity contribution in [3.05, 3.63) is 71.1 Å². The van der Waals surface area contributed by atoms with E-state index < -0.39 is 0 Å². The van der Waals surface area contributed by atoms with Gasteiger partial charge in [0.15, 0.2) is 10.8 Å². The average Bonchev–Trinajstić information content (AvgIpc) is 3.16. The van der Waals surface area contributed by atoms with Gasteiger partial charge in [0.25, 0.3) is 5.56 Å². The Morgan fingerprint density at radius 1 is 1.19 bits per heavy atom. The fourth-order valence-electron chi connectivity index (χ4n) is 3.68. The molecule has 1 atom stereocenters. The number of benzene rings is 2. The summed E-state index contributed by atoms with van der Waals surface area (Å²) in [4.78, 5) is 36.1. The van der Waals surface area contributed by atoms with Gasteiger partial charge in [-0.25, -0.2) is 9.67 Å². The molecule has 0 saturated heterocycles. The van der Waals surface area contributed by atoms with Crippen LogP contribution in [-0.2, 0) is 4.79 Å². The number of H-pyrrole nitrogens is 1. The van der Waals surface area contributed by atoms with Gasteiger partial charge in [-0.15, -0.1) is 11.8 Å². The molecule has 1 aliphatic heterocycles. The number of hydrogen-bond donors (Lipinski definition) is 1. The lowest BCUT2D eigenvalue weighted by molar-refractivity contribution is -0.116. The first-order valence-electron chi connectivity index (χ1n) is 10.3. The highest BCUT2D eigenvalue weighted by molar-refractivity contribution is 8.00. The summed E-state index contributed by atoms with van der Waals surface area (Å²) in [6.45, 7) is 2.86. The number of hydrogen-bond acceptors (Lipinski definition) is 6. The third-order valence-corrected chi connectivity index (χ3v) is 7.39. The lowest BCUT2D eigenvalue weighted by Crippen LogP contribution is -2.33. The molecule has 162 valence electrons. The van der Waals surface area contributed by atoms with Crippen molar-refractivity contribution in [1.82, 2.24) is 19.7 Å². The van der Waals surface area contributed by atoms with Crippen LogP contribution >= 0.6 is 23.5 Å². The average molecular weight is 464 g/mol. The first kappa shape index (κ1) is 20.8. The van der Waals surface area contributed by atoms with Crippen molar-refractivity contribution >= 4 is 46.2 Å². The van der Waals surface area contributed by atoms with Gasteiger partial charge in [-0.1, -0.05) is 49.0 Å². The van der Waals surface area contributed by atoms with Crippen molar-refractivity contribution in [2.45, 2.75) is 28.6 Å². The lowest BCUT2D eigenvalue weighted by atomic mass is 10.2. The summed E-state index contributed by atoms with van der Waals surface area (Å²) in [5, 5.41) is 5.59. The van der Waals surface area contributed by atoms with Crippen LogP contribution in [0.2, 0.25) is 0 Å². The topological polar surface area (TPSA) is 83.9 Å². The summed E-state index contributed by atoms with van der Waals surface area (Å²) in [7, 11) is 0. The Labute approximate surface area is 193 Å². The van der Waals surface area contributed by atoms with Crippen LogP contribution in [0.25, 0.3) is 16.7 Å². The number of aromatic nitrogens is 4. The van der Waals surface area contributed by atoms with Crippen molar-refractivity contribution in [2.75, 3.05) is 17.2 Å². The smallest absolute Gasteiger partial charge is 0.262 e. The molecule has 9 heteroatoms. The van der Waals surface area contributed by atoms with Gasteiger partial charge in [-0.2, -0.15) is 5.10 Å². The van der Waals surface area contributed by atoms with Crippen LogP contribution < -0.4 is 10.5 Å². The number of carbonyl (C=O) groups is 1. The number of amides is 1. The quantitative estimate of drug-likeness (QED) is 0.362. The maximum Gasteiger partial charge on any atom is 0.262 e. The van der Waals surface area contributed by atoms with Gasteiger partial charge < -0.3 is 9.88 Å². The molecular formula is C23H21N5O2S2. The second-order valence-corrected chi connectivity index (χ2v) is 9.96. The SMILES string of the molecule is C[C@@H]1CCN(C(=O)CSc2nc3c(cnn3-c3ccccc3)c(=O)[nH]2)c2ccccc2S1. The largest absolute Gasteiger partial charge is 0.311 e. The second-order valence-electron chi connectivity index (χ2n) is 7.52. The molecule has 0 fully saturated rings. The van der Waals surface area contributed by atoms with Crippen molar-refractivity contribution in [3.8, 4) is 5.69 Å². The molecule has 2 aromatic carbocycles. The summed E-state index contributed by atoms with van der Waals surface area (Å²) >= 11 is 3.04. The Morgan fingerprint density at radius 2 is 1.97 bits per heavy atom. The van der Waals surface area contributed by atoms with Crippen LogP contribution in [0.1, 0.15) is 13.3 Å². The molecule has 0 bridgehead atoms. The van der Waals surface area contributed by atoms with Gasteiger partial charge in [0.05, 0.1) is 23.3 Å². The number of nitrogens with one attached hydrogen (secondary N) is 1. The minimum absolute atomic E-state index is 0.00328. The molecule has 0 spiro atoms. The summed E-state index contributed by atoms with van der Waals surface area (Å²) in [5.41, 5.74) is 1.98. The standard InChI is InChI=1S/C23H21N5O2S2/c1-15-11-12-27(18-9-5-6-10-19(18)32-15)20(29)14-31-23-25-21-17(22(30)26-23)13-24-28(21)16-7-3-2-4-8-16/h2-10,13,15H,11-12,14H2,1H3,(H,25,26,30)/t15-/m1/s1. The number of thioether (sulfide) groups is 2. The van der Waals surface area contributed by atoms with Gasteiger partial charge in [0.2, 0.25) is 5.91 Å². The van der Waals surface area contributed by atoms with E-state index >= 15 is 0 Å². The van der Waals surface area contributed by atoms with E-state index in [0.29, 0.717) is 28.0 Å². The molecule has 32 heavy (non-hydrogen) atoms. The minimum Gasteiger partial charge on any atom is -0.311 e. The monoisotopic (exact) mass is 463 g/mol. The van der Waals surface area contributed by atoms with Crippen LogP contribution in [0.15, 0.2) is 75.6 Å². The fourth-order valence-corrected chi connectivity index (χ4v) is 5.52. The molecular weight excluding hydrogens is 442 g/mol. The van der Waals surface area contributed by atoms with Crippen LogP contribution in [0.3, 0.4) is 0 Å². The molecule has 1 aliphatic rings. The number of aromatic amines is 1. The Kier molecular flexibility index (Phi) is 5.75. The van der Waals surface area contributed by atoms with Crippen LogP contribution in [0.5, 0.6) is 0 Å². The Bertz CT molecular complexity index is 1340. The van der Waals surface area contributed by atoms with Crippen molar-refractivity contribution in [2.24, 2.45) is 0 Å². The molecule has 0 unspecified atom stereocenters. The maximum atomic E-state index is 13.1. The van der Waals surface area contributed by atoms with E-state index in [0.717, 1.165) is 22.7 Å². The summed E-state index contributed by atoms with van der Waals surface area (Å²) in [5.74, 6) is 0.179. The number of carbonyl (C=O) groups excluding carboxylic acids is 1.